The Balaban J connectivity index is 0.00000364. The van der Waals surface area contributed by atoms with Crippen LogP contribution in [0.15, 0.2) is 29.3 Å². The van der Waals surface area contributed by atoms with Crippen LogP contribution in [0, 0.1) is 0 Å². The molecule has 1 saturated heterocycles. The number of rotatable bonds is 9. The first-order valence-corrected chi connectivity index (χ1v) is 9.78. The summed E-state index contributed by atoms with van der Waals surface area (Å²) in [6, 6.07) is 8.61. The summed E-state index contributed by atoms with van der Waals surface area (Å²) >= 11 is 0. The number of nitrogens with one attached hydrogen (secondary N) is 2. The van der Waals surface area contributed by atoms with Crippen molar-refractivity contribution in [1.82, 2.24) is 15.5 Å². The maximum absolute atomic E-state index is 5.92. The molecule has 0 aromatic heterocycles. The van der Waals surface area contributed by atoms with Crippen LogP contribution in [0.2, 0.25) is 0 Å². The topological polar surface area (TPSA) is 58.1 Å². The summed E-state index contributed by atoms with van der Waals surface area (Å²) in [6.45, 7) is 13.2. The van der Waals surface area contributed by atoms with Gasteiger partial charge in [-0.15, -0.1) is 24.0 Å². The fourth-order valence-corrected chi connectivity index (χ4v) is 2.68. The molecule has 0 spiro atoms. The normalized spacial score (nSPS) is 16.3. The van der Waals surface area contributed by atoms with E-state index in [1.165, 1.54) is 0 Å². The van der Waals surface area contributed by atoms with Crippen LogP contribution < -0.4 is 15.4 Å². The van der Waals surface area contributed by atoms with Crippen molar-refractivity contribution in [2.24, 2.45) is 4.99 Å². The molecular formula is C20H35IN4O2. The Morgan fingerprint density at radius 3 is 2.78 bits per heavy atom. The van der Waals surface area contributed by atoms with Gasteiger partial charge in [-0.1, -0.05) is 19.1 Å². The maximum Gasteiger partial charge on any atom is 0.191 e. The lowest BCUT2D eigenvalue weighted by Crippen LogP contribution is -2.41. The molecule has 2 rings (SSSR count). The molecule has 1 aliphatic rings. The SMILES string of the molecule is CCNC(=NCc1cccc(OCCN2CCOCC2)c1)NC(C)CC.I. The molecule has 6 nitrogen and oxygen atoms in total. The fourth-order valence-electron chi connectivity index (χ4n) is 2.68. The number of hydrogen-bond donors (Lipinski definition) is 2. The van der Waals surface area contributed by atoms with E-state index in [4.69, 9.17) is 9.47 Å². The lowest BCUT2D eigenvalue weighted by atomic mass is 10.2. The summed E-state index contributed by atoms with van der Waals surface area (Å²) < 4.78 is 11.3. The number of aliphatic imine (C=N–C) groups is 1. The van der Waals surface area contributed by atoms with Crippen molar-refractivity contribution in [3.8, 4) is 5.75 Å². The molecule has 1 aromatic rings. The first-order chi connectivity index (χ1) is 12.7. The molecule has 1 atom stereocenters. The predicted molar refractivity (Wildman–Crippen MR) is 122 cm³/mol. The van der Waals surface area contributed by atoms with Gasteiger partial charge in [0.2, 0.25) is 0 Å². The van der Waals surface area contributed by atoms with Gasteiger partial charge in [-0.25, -0.2) is 4.99 Å². The molecule has 0 amide bonds. The largest absolute Gasteiger partial charge is 0.492 e. The van der Waals surface area contributed by atoms with Crippen molar-refractivity contribution in [2.45, 2.75) is 39.8 Å². The van der Waals surface area contributed by atoms with E-state index in [-0.39, 0.29) is 24.0 Å². The van der Waals surface area contributed by atoms with Crippen LogP contribution >= 0.6 is 24.0 Å². The van der Waals surface area contributed by atoms with Gasteiger partial charge in [0, 0.05) is 32.2 Å². The summed E-state index contributed by atoms with van der Waals surface area (Å²) in [7, 11) is 0. The first-order valence-electron chi connectivity index (χ1n) is 9.78. The smallest absolute Gasteiger partial charge is 0.191 e. The van der Waals surface area contributed by atoms with Crippen LogP contribution in [0.3, 0.4) is 0 Å². The zero-order valence-corrected chi connectivity index (χ0v) is 19.2. The van der Waals surface area contributed by atoms with Gasteiger partial charge < -0.3 is 20.1 Å². The molecule has 1 fully saturated rings. The number of halogens is 1. The number of nitrogens with zero attached hydrogens (tertiary/aromatic N) is 2. The van der Waals surface area contributed by atoms with Crippen LogP contribution in [0.1, 0.15) is 32.8 Å². The van der Waals surface area contributed by atoms with E-state index >= 15 is 0 Å². The van der Waals surface area contributed by atoms with E-state index in [0.717, 1.165) is 63.1 Å². The highest BCUT2D eigenvalue weighted by Gasteiger charge is 2.09. The summed E-state index contributed by atoms with van der Waals surface area (Å²) in [5.41, 5.74) is 1.15. The third-order valence-corrected chi connectivity index (χ3v) is 4.44. The van der Waals surface area contributed by atoms with Crippen molar-refractivity contribution in [2.75, 3.05) is 46.0 Å². The van der Waals surface area contributed by atoms with Gasteiger partial charge in [0.1, 0.15) is 12.4 Å². The monoisotopic (exact) mass is 490 g/mol. The van der Waals surface area contributed by atoms with Gasteiger partial charge in [-0.2, -0.15) is 0 Å². The Morgan fingerprint density at radius 1 is 1.30 bits per heavy atom. The molecule has 2 N–H and O–H groups in total. The third kappa shape index (κ3) is 9.62. The molecule has 0 radical (unpaired) electrons. The average molecular weight is 490 g/mol. The van der Waals surface area contributed by atoms with E-state index < -0.39 is 0 Å². The minimum Gasteiger partial charge on any atom is -0.492 e. The Bertz CT molecular complexity index is 551. The highest BCUT2D eigenvalue weighted by Crippen LogP contribution is 2.14. The van der Waals surface area contributed by atoms with Crippen LogP contribution in [-0.4, -0.2) is 62.9 Å². The van der Waals surface area contributed by atoms with Crippen LogP contribution in [0.4, 0.5) is 0 Å². The van der Waals surface area contributed by atoms with Crippen molar-refractivity contribution in [3.05, 3.63) is 29.8 Å². The molecule has 1 heterocycles. The number of benzene rings is 1. The minimum atomic E-state index is 0. The van der Waals surface area contributed by atoms with Gasteiger partial charge in [0.15, 0.2) is 5.96 Å². The molecule has 27 heavy (non-hydrogen) atoms. The minimum absolute atomic E-state index is 0. The Morgan fingerprint density at radius 2 is 2.07 bits per heavy atom. The van der Waals surface area contributed by atoms with Gasteiger partial charge in [0.25, 0.3) is 0 Å². The summed E-state index contributed by atoms with van der Waals surface area (Å²) in [4.78, 5) is 7.06. The highest BCUT2D eigenvalue weighted by molar-refractivity contribution is 14.0. The molecule has 1 aliphatic heterocycles. The van der Waals surface area contributed by atoms with Crippen LogP contribution in [0.5, 0.6) is 5.75 Å². The standard InChI is InChI=1S/C20H34N4O2.HI/c1-4-17(3)23-20(21-5-2)22-16-18-7-6-8-19(15-18)26-14-11-24-9-12-25-13-10-24;/h6-8,15,17H,4-5,9-14,16H2,1-3H3,(H2,21,22,23);1H. The predicted octanol–water partition coefficient (Wildman–Crippen LogP) is 2.87. The maximum atomic E-state index is 5.92. The van der Waals surface area contributed by atoms with Crippen LogP contribution in [-0.2, 0) is 11.3 Å². The molecular weight excluding hydrogens is 455 g/mol. The van der Waals surface area contributed by atoms with Crippen molar-refractivity contribution in [1.29, 1.82) is 0 Å². The van der Waals surface area contributed by atoms with Crippen molar-refractivity contribution in [3.63, 3.8) is 0 Å². The summed E-state index contributed by atoms with van der Waals surface area (Å²) in [6.07, 6.45) is 1.07. The van der Waals surface area contributed by atoms with Gasteiger partial charge >= 0.3 is 0 Å². The molecule has 1 unspecified atom stereocenters. The van der Waals surface area contributed by atoms with Gasteiger partial charge in [0.05, 0.1) is 19.8 Å². The van der Waals surface area contributed by atoms with E-state index in [1.54, 1.807) is 0 Å². The second-order valence-corrected chi connectivity index (χ2v) is 6.60. The number of guanidine groups is 1. The van der Waals surface area contributed by atoms with Crippen molar-refractivity contribution < 1.29 is 9.47 Å². The summed E-state index contributed by atoms with van der Waals surface area (Å²) in [5, 5.41) is 6.71. The quantitative estimate of drug-likeness (QED) is 0.317. The third-order valence-electron chi connectivity index (χ3n) is 4.44. The Hall–Kier alpha value is -1.06. The molecule has 0 aliphatic carbocycles. The second-order valence-electron chi connectivity index (χ2n) is 6.60. The second kappa shape index (κ2) is 14.0. The number of ether oxygens (including phenoxy) is 2. The number of hydrogen-bond acceptors (Lipinski definition) is 4. The van der Waals surface area contributed by atoms with E-state index in [9.17, 15) is 0 Å². The zero-order chi connectivity index (χ0) is 18.6. The van der Waals surface area contributed by atoms with E-state index in [2.05, 4.69) is 53.4 Å². The summed E-state index contributed by atoms with van der Waals surface area (Å²) in [5.74, 6) is 1.77. The Kier molecular flexibility index (Phi) is 12.4. The van der Waals surface area contributed by atoms with E-state index in [0.29, 0.717) is 19.2 Å². The molecule has 154 valence electrons. The molecule has 1 aromatic carbocycles. The van der Waals surface area contributed by atoms with Crippen molar-refractivity contribution >= 4 is 29.9 Å². The number of morpholine rings is 1. The van der Waals surface area contributed by atoms with Crippen LogP contribution in [0.25, 0.3) is 0 Å². The fraction of sp³-hybridized carbons (Fsp3) is 0.650. The molecule has 0 saturated carbocycles. The lowest BCUT2D eigenvalue weighted by Gasteiger charge is -2.26. The Labute approximate surface area is 181 Å². The zero-order valence-electron chi connectivity index (χ0n) is 16.9. The highest BCUT2D eigenvalue weighted by atomic mass is 127. The first kappa shape index (κ1) is 24.0. The lowest BCUT2D eigenvalue weighted by molar-refractivity contribution is 0.0322. The van der Waals surface area contributed by atoms with Gasteiger partial charge in [-0.3, -0.25) is 4.90 Å². The van der Waals surface area contributed by atoms with E-state index in [1.807, 2.05) is 12.1 Å². The molecule has 0 bridgehead atoms. The van der Waals surface area contributed by atoms with Gasteiger partial charge in [-0.05, 0) is 38.0 Å². The average Bonchev–Trinajstić information content (AvgIpc) is 2.67. The molecule has 7 heteroatoms.